The zero-order valence-electron chi connectivity index (χ0n) is 11.2. The van der Waals surface area contributed by atoms with Gasteiger partial charge in [0.15, 0.2) is 0 Å². The van der Waals surface area contributed by atoms with E-state index in [0.29, 0.717) is 31.6 Å². The van der Waals surface area contributed by atoms with Crippen molar-refractivity contribution >= 4 is 23.3 Å². The lowest BCUT2D eigenvalue weighted by atomic mass is 9.95. The van der Waals surface area contributed by atoms with E-state index in [0.717, 1.165) is 6.07 Å². The van der Waals surface area contributed by atoms with Gasteiger partial charge in [0.25, 0.3) is 5.69 Å². The molecule has 1 amide bonds. The first kappa shape index (κ1) is 14.8. The summed E-state index contributed by atoms with van der Waals surface area (Å²) in [5.74, 6) is -1.78. The predicted octanol–water partition coefficient (Wildman–Crippen LogP) is 0.995. The molecule has 0 saturated carbocycles. The van der Waals surface area contributed by atoms with E-state index in [9.17, 15) is 19.7 Å². The third-order valence-electron chi connectivity index (χ3n) is 3.66. The van der Waals surface area contributed by atoms with E-state index in [1.807, 2.05) is 0 Å². The standard InChI is InChI=1S/C13H15N3O5/c14-12(17)8-3-5-15(6-4-8)10-2-1-9(13(18)19)7-11(10)16(20)21/h1-2,7-8H,3-6H2,(H2,14,17)(H,18,19). The molecular weight excluding hydrogens is 278 g/mol. The van der Waals surface area contributed by atoms with Crippen molar-refractivity contribution in [3.05, 3.63) is 33.9 Å². The molecule has 0 aliphatic carbocycles. The Hall–Kier alpha value is -2.64. The number of amides is 1. The minimum Gasteiger partial charge on any atom is -0.478 e. The van der Waals surface area contributed by atoms with Gasteiger partial charge in [-0.1, -0.05) is 0 Å². The second kappa shape index (κ2) is 5.78. The number of hydrogen-bond acceptors (Lipinski definition) is 5. The zero-order chi connectivity index (χ0) is 15.6. The molecule has 112 valence electrons. The number of carboxylic acid groups (broad SMARTS) is 1. The third-order valence-corrected chi connectivity index (χ3v) is 3.66. The van der Waals surface area contributed by atoms with Crippen LogP contribution in [-0.2, 0) is 4.79 Å². The summed E-state index contributed by atoms with van der Waals surface area (Å²) >= 11 is 0. The summed E-state index contributed by atoms with van der Waals surface area (Å²) in [7, 11) is 0. The summed E-state index contributed by atoms with van der Waals surface area (Å²) in [4.78, 5) is 34.3. The van der Waals surface area contributed by atoms with Gasteiger partial charge >= 0.3 is 5.97 Å². The average Bonchev–Trinajstić information content (AvgIpc) is 2.46. The number of aromatic carboxylic acids is 1. The highest BCUT2D eigenvalue weighted by atomic mass is 16.6. The van der Waals surface area contributed by atoms with Crippen LogP contribution in [0.4, 0.5) is 11.4 Å². The molecule has 1 aliphatic heterocycles. The van der Waals surface area contributed by atoms with E-state index in [4.69, 9.17) is 10.8 Å². The normalized spacial score (nSPS) is 15.7. The molecule has 8 nitrogen and oxygen atoms in total. The number of benzene rings is 1. The Balaban J connectivity index is 2.26. The summed E-state index contributed by atoms with van der Waals surface area (Å²) in [6.07, 6.45) is 1.07. The number of carbonyl (C=O) groups excluding carboxylic acids is 1. The number of nitrogens with two attached hydrogens (primary N) is 1. The summed E-state index contributed by atoms with van der Waals surface area (Å²) < 4.78 is 0. The SMILES string of the molecule is NC(=O)C1CCN(c2ccc(C(=O)O)cc2[N+](=O)[O-])CC1. The number of anilines is 1. The van der Waals surface area contributed by atoms with Gasteiger partial charge in [-0.15, -0.1) is 0 Å². The van der Waals surface area contributed by atoms with E-state index in [1.54, 1.807) is 4.90 Å². The summed E-state index contributed by atoms with van der Waals surface area (Å²) in [5, 5.41) is 20.0. The van der Waals surface area contributed by atoms with Crippen LogP contribution in [0.3, 0.4) is 0 Å². The molecule has 1 aliphatic rings. The molecule has 0 radical (unpaired) electrons. The minimum atomic E-state index is -1.21. The van der Waals surface area contributed by atoms with Crippen molar-refractivity contribution < 1.29 is 19.6 Å². The molecule has 1 aromatic carbocycles. The van der Waals surface area contributed by atoms with Crippen molar-refractivity contribution in [2.45, 2.75) is 12.8 Å². The van der Waals surface area contributed by atoms with Crippen LogP contribution < -0.4 is 10.6 Å². The van der Waals surface area contributed by atoms with Crippen LogP contribution in [0.1, 0.15) is 23.2 Å². The lowest BCUT2D eigenvalue weighted by Crippen LogP contribution is -2.38. The average molecular weight is 293 g/mol. The summed E-state index contributed by atoms with van der Waals surface area (Å²) in [6, 6.07) is 3.83. The Labute approximate surface area is 120 Å². The highest BCUT2D eigenvalue weighted by molar-refractivity contribution is 5.90. The first-order valence-electron chi connectivity index (χ1n) is 6.46. The fourth-order valence-electron chi connectivity index (χ4n) is 2.48. The molecule has 1 saturated heterocycles. The first-order valence-corrected chi connectivity index (χ1v) is 6.46. The topological polar surface area (TPSA) is 127 Å². The van der Waals surface area contributed by atoms with Crippen LogP contribution in [0.2, 0.25) is 0 Å². The lowest BCUT2D eigenvalue weighted by molar-refractivity contribution is -0.384. The number of carbonyl (C=O) groups is 2. The van der Waals surface area contributed by atoms with Crippen molar-refractivity contribution in [1.29, 1.82) is 0 Å². The van der Waals surface area contributed by atoms with Crippen LogP contribution in [-0.4, -0.2) is 35.0 Å². The van der Waals surface area contributed by atoms with Crippen molar-refractivity contribution in [2.75, 3.05) is 18.0 Å². The molecule has 1 fully saturated rings. The number of hydrogen-bond donors (Lipinski definition) is 2. The van der Waals surface area contributed by atoms with Gasteiger partial charge in [-0.3, -0.25) is 14.9 Å². The molecule has 8 heteroatoms. The van der Waals surface area contributed by atoms with Crippen molar-refractivity contribution in [3.8, 4) is 0 Å². The lowest BCUT2D eigenvalue weighted by Gasteiger charge is -2.31. The molecule has 0 atom stereocenters. The predicted molar refractivity (Wildman–Crippen MR) is 74.2 cm³/mol. The number of rotatable bonds is 4. The highest BCUT2D eigenvalue weighted by Crippen LogP contribution is 2.32. The van der Waals surface area contributed by atoms with Crippen LogP contribution in [0.15, 0.2) is 18.2 Å². The number of nitrogens with zero attached hydrogens (tertiary/aromatic N) is 2. The molecule has 0 aromatic heterocycles. The van der Waals surface area contributed by atoms with Gasteiger partial charge in [0, 0.05) is 25.1 Å². The molecule has 1 aromatic rings. The second-order valence-corrected chi connectivity index (χ2v) is 4.93. The summed E-state index contributed by atoms with van der Waals surface area (Å²) in [5.41, 5.74) is 5.25. The fourth-order valence-corrected chi connectivity index (χ4v) is 2.48. The van der Waals surface area contributed by atoms with E-state index in [1.165, 1.54) is 12.1 Å². The Morgan fingerprint density at radius 2 is 1.95 bits per heavy atom. The Bertz CT molecular complexity index is 593. The second-order valence-electron chi connectivity index (χ2n) is 4.93. The zero-order valence-corrected chi connectivity index (χ0v) is 11.2. The van der Waals surface area contributed by atoms with Gasteiger partial charge in [0.2, 0.25) is 5.91 Å². The molecule has 3 N–H and O–H groups in total. The third kappa shape index (κ3) is 3.10. The summed E-state index contributed by atoms with van der Waals surface area (Å²) in [6.45, 7) is 0.946. The Morgan fingerprint density at radius 3 is 2.43 bits per heavy atom. The number of carboxylic acids is 1. The molecule has 0 bridgehead atoms. The smallest absolute Gasteiger partial charge is 0.335 e. The van der Waals surface area contributed by atoms with Gasteiger partial charge in [0.1, 0.15) is 5.69 Å². The maximum Gasteiger partial charge on any atom is 0.335 e. The number of nitro benzene ring substituents is 1. The largest absolute Gasteiger partial charge is 0.478 e. The molecule has 0 unspecified atom stereocenters. The van der Waals surface area contributed by atoms with E-state index in [2.05, 4.69) is 0 Å². The molecular formula is C13H15N3O5. The maximum atomic E-state index is 11.1. The number of piperidine rings is 1. The van der Waals surface area contributed by atoms with Crippen molar-refractivity contribution in [1.82, 2.24) is 0 Å². The molecule has 1 heterocycles. The Kier molecular flexibility index (Phi) is 4.06. The van der Waals surface area contributed by atoms with E-state index in [-0.39, 0.29) is 23.1 Å². The minimum absolute atomic E-state index is 0.127. The van der Waals surface area contributed by atoms with Crippen molar-refractivity contribution in [2.24, 2.45) is 11.7 Å². The first-order chi connectivity index (χ1) is 9.90. The molecule has 0 spiro atoms. The Morgan fingerprint density at radius 1 is 1.33 bits per heavy atom. The van der Waals surface area contributed by atoms with Crippen LogP contribution in [0.25, 0.3) is 0 Å². The van der Waals surface area contributed by atoms with E-state index < -0.39 is 10.9 Å². The van der Waals surface area contributed by atoms with Gasteiger partial charge in [-0.25, -0.2) is 4.79 Å². The molecule has 2 rings (SSSR count). The quantitative estimate of drug-likeness (QED) is 0.629. The maximum absolute atomic E-state index is 11.1. The number of primary amides is 1. The number of nitro groups is 1. The van der Waals surface area contributed by atoms with E-state index >= 15 is 0 Å². The monoisotopic (exact) mass is 293 g/mol. The van der Waals surface area contributed by atoms with Crippen LogP contribution in [0, 0.1) is 16.0 Å². The van der Waals surface area contributed by atoms with Gasteiger partial charge in [-0.2, -0.15) is 0 Å². The molecule has 21 heavy (non-hydrogen) atoms. The van der Waals surface area contributed by atoms with Gasteiger partial charge < -0.3 is 15.7 Å². The van der Waals surface area contributed by atoms with Crippen LogP contribution in [0.5, 0.6) is 0 Å². The van der Waals surface area contributed by atoms with Crippen molar-refractivity contribution in [3.63, 3.8) is 0 Å². The van der Waals surface area contributed by atoms with Gasteiger partial charge in [-0.05, 0) is 25.0 Å². The van der Waals surface area contributed by atoms with Crippen LogP contribution >= 0.6 is 0 Å². The van der Waals surface area contributed by atoms with Gasteiger partial charge in [0.05, 0.1) is 10.5 Å². The highest BCUT2D eigenvalue weighted by Gasteiger charge is 2.27. The fraction of sp³-hybridized carbons (Fsp3) is 0.385.